The van der Waals surface area contributed by atoms with Crippen molar-refractivity contribution in [3.63, 3.8) is 0 Å². The monoisotopic (exact) mass is 1170 g/mol. The summed E-state index contributed by atoms with van der Waals surface area (Å²) in [4.78, 5) is 0. The van der Waals surface area contributed by atoms with Crippen molar-refractivity contribution in [3.8, 4) is 67.9 Å². The molecule has 0 atom stereocenters. The van der Waals surface area contributed by atoms with Crippen LogP contribution in [0.3, 0.4) is 0 Å². The average Bonchev–Trinajstić information content (AvgIpc) is 3.57. The van der Waals surface area contributed by atoms with E-state index < -0.39 is 34.5 Å². The van der Waals surface area contributed by atoms with Crippen LogP contribution in [-0.4, -0.2) is 30.6 Å². The van der Waals surface area contributed by atoms with Gasteiger partial charge in [-0.2, -0.15) is 0 Å². The van der Waals surface area contributed by atoms with Gasteiger partial charge in [-0.3, -0.25) is 0 Å². The third-order valence-electron chi connectivity index (χ3n) is 10.3. The Morgan fingerprint density at radius 3 is 1.25 bits per heavy atom. The zero-order chi connectivity index (χ0) is 36.1. The van der Waals surface area contributed by atoms with Crippen molar-refractivity contribution in [2.24, 2.45) is 0 Å². The van der Waals surface area contributed by atoms with Crippen LogP contribution in [-0.2, 0) is 0 Å². The van der Waals surface area contributed by atoms with Gasteiger partial charge in [0.15, 0.2) is 0 Å². The summed E-state index contributed by atoms with van der Waals surface area (Å²) in [7, 11) is 0. The number of hydrogen-bond acceptors (Lipinski definition) is 7. The fourth-order valence-corrected chi connectivity index (χ4v) is 8.12. The number of phenols is 6. The Labute approximate surface area is 360 Å². The van der Waals surface area contributed by atoms with E-state index in [4.69, 9.17) is 4.42 Å². The van der Waals surface area contributed by atoms with Gasteiger partial charge in [0.05, 0.1) is 11.5 Å². The predicted octanol–water partition coefficient (Wildman–Crippen LogP) is 11.0. The number of fused-ring (bicyclic) bond motifs is 9. The second-order valence-electron chi connectivity index (χ2n) is 13.1. The largest absolute Gasteiger partial charge is 0.561 e. The molecule has 0 bridgehead atoms. The molecule has 7 nitrogen and oxygen atoms in total. The molecule has 9 aromatic carbocycles. The van der Waals surface area contributed by atoms with Crippen molar-refractivity contribution in [3.05, 3.63) is 133 Å². The maximum atomic E-state index is 11.7. The van der Waals surface area contributed by atoms with Crippen LogP contribution in [0.2, 0.25) is 0 Å². The van der Waals surface area contributed by atoms with E-state index in [9.17, 15) is 30.6 Å². The third kappa shape index (κ3) is 5.37. The normalized spacial score (nSPS) is 11.4. The van der Waals surface area contributed by atoms with Crippen molar-refractivity contribution >= 4 is 65.0 Å². The summed E-state index contributed by atoms with van der Waals surface area (Å²) in [5.74, 6) is -3.69. The number of phenolic OH excluding ortho intramolecular Hbond substituents is 6. The van der Waals surface area contributed by atoms with Crippen LogP contribution in [0.25, 0.3) is 98.4 Å². The second-order valence-corrected chi connectivity index (χ2v) is 13.1. The molecule has 1 heterocycles. The summed E-state index contributed by atoms with van der Waals surface area (Å²) in [6.07, 6.45) is 0. The minimum Gasteiger partial charge on any atom is -0.561 e. The van der Waals surface area contributed by atoms with E-state index in [2.05, 4.69) is 36.4 Å². The molecule has 0 spiro atoms. The zero-order valence-corrected chi connectivity index (χ0v) is 37.0. The molecule has 1 aromatic heterocycles. The number of hydrogen-bond donors (Lipinski definition) is 6. The average molecular weight is 1170 g/mol. The van der Waals surface area contributed by atoms with Gasteiger partial charge >= 0.3 is 0 Å². The smallest absolute Gasteiger partial charge is 0.136 e. The van der Waals surface area contributed by atoms with Gasteiger partial charge in [-0.15, -0.1) is 5.56 Å². The van der Waals surface area contributed by atoms with Crippen LogP contribution in [0.15, 0.2) is 126 Å². The molecule has 0 unspecified atom stereocenters. The molecule has 6 N–H and O–H groups in total. The molecule has 0 aliphatic rings. The molecule has 10 rings (SSSR count). The van der Waals surface area contributed by atoms with Crippen LogP contribution < -0.4 is 0 Å². The summed E-state index contributed by atoms with van der Waals surface area (Å²) in [6.45, 7) is 0. The zero-order valence-electron chi connectivity index (χ0n) is 28.6. The molecule has 0 fully saturated rings. The fourth-order valence-electron chi connectivity index (χ4n) is 8.12. The van der Waals surface area contributed by atoms with E-state index in [1.807, 2.05) is 60.7 Å². The predicted molar refractivity (Wildman–Crippen MR) is 208 cm³/mol. The SMILES string of the molecule is Oc1[c-]c(O)c2c(-c3ccccc3)c3c(O)[c-]c(O)c(O)c3c(-c3cc4oc5cc(-c6ccccc6)c6ccccc6c5c4c4ccccc34)c2c1O.[U].[U]. The molecule has 0 aliphatic carbocycles. The van der Waals surface area contributed by atoms with E-state index in [1.54, 1.807) is 36.4 Å². The van der Waals surface area contributed by atoms with Crippen molar-refractivity contribution in [1.29, 1.82) is 0 Å². The van der Waals surface area contributed by atoms with Crippen molar-refractivity contribution in [1.82, 2.24) is 0 Å². The van der Waals surface area contributed by atoms with Crippen molar-refractivity contribution in [2.45, 2.75) is 0 Å². The van der Waals surface area contributed by atoms with Gasteiger partial charge in [0, 0.05) is 96.0 Å². The van der Waals surface area contributed by atoms with Gasteiger partial charge in [0.2, 0.25) is 0 Å². The molecule has 262 valence electrons. The summed E-state index contributed by atoms with van der Waals surface area (Å²) in [5.41, 5.74) is 4.46. The molecular formula is C46H26O7U2-2. The van der Waals surface area contributed by atoms with Gasteiger partial charge < -0.3 is 35.1 Å². The van der Waals surface area contributed by atoms with Crippen LogP contribution in [0.1, 0.15) is 0 Å². The summed E-state index contributed by atoms with van der Waals surface area (Å²) in [5, 5.41) is 73.6. The van der Waals surface area contributed by atoms with Gasteiger partial charge in [0.1, 0.15) is 11.2 Å². The summed E-state index contributed by atoms with van der Waals surface area (Å²) in [6, 6.07) is 43.4. The first-order chi connectivity index (χ1) is 25.8. The Bertz CT molecular complexity index is 3100. The minimum absolute atomic E-state index is 0. The second kappa shape index (κ2) is 13.8. The number of benzene rings is 9. The van der Waals surface area contributed by atoms with Crippen molar-refractivity contribution < 1.29 is 97.3 Å². The number of rotatable bonds is 3. The van der Waals surface area contributed by atoms with Crippen molar-refractivity contribution in [2.75, 3.05) is 0 Å². The van der Waals surface area contributed by atoms with E-state index in [0.29, 0.717) is 27.7 Å². The third-order valence-corrected chi connectivity index (χ3v) is 10.3. The first kappa shape index (κ1) is 36.7. The molecule has 0 saturated carbocycles. The van der Waals surface area contributed by atoms with E-state index in [1.165, 1.54) is 0 Å². The van der Waals surface area contributed by atoms with Gasteiger partial charge in [-0.1, -0.05) is 143 Å². The molecule has 10 aromatic rings. The van der Waals surface area contributed by atoms with Crippen LogP contribution in [0, 0.1) is 74.4 Å². The molecular weight excluding hydrogens is 1140 g/mol. The van der Waals surface area contributed by atoms with Crippen LogP contribution in [0.5, 0.6) is 34.5 Å². The van der Waals surface area contributed by atoms with E-state index in [0.717, 1.165) is 38.1 Å². The van der Waals surface area contributed by atoms with Crippen LogP contribution >= 0.6 is 0 Å². The molecule has 0 saturated heterocycles. The quantitative estimate of drug-likeness (QED) is 0.0449. The Morgan fingerprint density at radius 2 is 0.764 bits per heavy atom. The van der Waals surface area contributed by atoms with Crippen LogP contribution in [0.4, 0.5) is 0 Å². The van der Waals surface area contributed by atoms with Gasteiger partial charge in [0.25, 0.3) is 0 Å². The fraction of sp³-hybridized carbons (Fsp3) is 0. The molecule has 9 heteroatoms. The van der Waals surface area contributed by atoms with Gasteiger partial charge in [-0.25, -0.2) is 0 Å². The molecule has 0 aliphatic heterocycles. The molecule has 0 radical (unpaired) electrons. The first-order valence-corrected chi connectivity index (χ1v) is 16.9. The molecule has 55 heavy (non-hydrogen) atoms. The standard InChI is InChI=1S/C46H26O7.2U/c47-31-21-33(49)45(51)43-40(44-42(32(48)22-34(50)46(44)52)37(41(31)43)24-13-5-2-6-14-24)30-20-36-39(28-18-10-8-16-26(28)30)38-27-17-9-7-15-25(27)29(19-35(38)53-36)23-11-3-1-4-12-23;;/h1-20,47-52H;;/q-2;;. The Morgan fingerprint density at radius 1 is 0.364 bits per heavy atom. The summed E-state index contributed by atoms with van der Waals surface area (Å²) < 4.78 is 6.73. The Kier molecular flexibility index (Phi) is 9.20. The number of furan rings is 1. The van der Waals surface area contributed by atoms with Gasteiger partial charge in [-0.05, 0) is 61.5 Å². The maximum Gasteiger partial charge on any atom is 0.136 e. The Hall–Kier alpha value is -5.28. The van der Waals surface area contributed by atoms with E-state index in [-0.39, 0.29) is 94.9 Å². The Balaban J connectivity index is 0.00000214. The maximum absolute atomic E-state index is 11.7. The van der Waals surface area contributed by atoms with E-state index >= 15 is 0 Å². The minimum atomic E-state index is -0.723. The number of aromatic hydroxyl groups is 6. The summed E-state index contributed by atoms with van der Waals surface area (Å²) >= 11 is 0. The topological polar surface area (TPSA) is 135 Å². The first-order valence-electron chi connectivity index (χ1n) is 16.9. The molecule has 0 amide bonds.